The molecule has 1 fully saturated rings. The molecule has 0 atom stereocenters. The van der Waals surface area contributed by atoms with Gasteiger partial charge in [-0.05, 0) is 33.6 Å². The average Bonchev–Trinajstić information content (AvgIpc) is 2.95. The number of rotatable bonds is 2. The van der Waals surface area contributed by atoms with E-state index in [4.69, 9.17) is 4.74 Å². The highest BCUT2D eigenvalue weighted by molar-refractivity contribution is 5.83. The van der Waals surface area contributed by atoms with E-state index in [-0.39, 0.29) is 17.8 Å². The van der Waals surface area contributed by atoms with Gasteiger partial charge in [-0.25, -0.2) is 4.79 Å². The van der Waals surface area contributed by atoms with Crippen LogP contribution in [0, 0.1) is 10.1 Å². The van der Waals surface area contributed by atoms with Crippen molar-refractivity contribution in [2.24, 2.45) is 0 Å². The number of phenolic OH excluding ortho intramolecular Hbond substituents is 1. The van der Waals surface area contributed by atoms with Crippen molar-refractivity contribution in [1.29, 1.82) is 0 Å². The first-order valence-corrected chi connectivity index (χ1v) is 8.48. The lowest BCUT2D eigenvalue weighted by Gasteiger charge is -2.33. The van der Waals surface area contributed by atoms with Gasteiger partial charge < -0.3 is 14.7 Å². The number of nitro groups is 1. The molecule has 2 heterocycles. The van der Waals surface area contributed by atoms with Crippen LogP contribution in [0.2, 0.25) is 0 Å². The minimum Gasteiger partial charge on any atom is -0.502 e. The monoisotopic (exact) mass is 362 g/mol. The Morgan fingerprint density at radius 2 is 2.00 bits per heavy atom. The van der Waals surface area contributed by atoms with Crippen molar-refractivity contribution in [2.45, 2.75) is 45.3 Å². The lowest BCUT2D eigenvalue weighted by molar-refractivity contribution is -0.385. The molecule has 3 rings (SSSR count). The predicted octanol–water partition coefficient (Wildman–Crippen LogP) is 3.22. The number of fused-ring (bicyclic) bond motifs is 1. The summed E-state index contributed by atoms with van der Waals surface area (Å²) in [6, 6.07) is 2.71. The van der Waals surface area contributed by atoms with Crippen LogP contribution in [-0.4, -0.2) is 49.5 Å². The molecule has 0 saturated carbocycles. The molecule has 0 unspecified atom stereocenters. The van der Waals surface area contributed by atoms with Crippen molar-refractivity contribution in [2.75, 3.05) is 13.1 Å². The zero-order valence-corrected chi connectivity index (χ0v) is 15.0. The fourth-order valence-electron chi connectivity index (χ4n) is 3.04. The standard InChI is InChI=1S/C17H22N4O5/c1-17(2,3)26-16(23)19-6-4-12(5-7-19)20-10-11-8-14(21(24)25)15(22)9-13(11)18-20/h8-10,12,22H,4-7H2,1-3H3. The van der Waals surface area contributed by atoms with Gasteiger partial charge in [0.2, 0.25) is 0 Å². The Labute approximate surface area is 150 Å². The average molecular weight is 362 g/mol. The quantitative estimate of drug-likeness (QED) is 0.648. The SMILES string of the molecule is CC(C)(C)OC(=O)N1CCC(n2cc3cc([N+](=O)[O-])c(O)cc3n2)CC1. The van der Waals surface area contributed by atoms with E-state index in [1.807, 2.05) is 20.8 Å². The number of aromatic nitrogens is 2. The molecule has 0 aliphatic carbocycles. The Balaban J connectivity index is 1.71. The van der Waals surface area contributed by atoms with Crippen molar-refractivity contribution in [3.63, 3.8) is 0 Å². The fourth-order valence-corrected chi connectivity index (χ4v) is 3.04. The topological polar surface area (TPSA) is 111 Å². The number of ether oxygens (including phenoxy) is 1. The third-order valence-electron chi connectivity index (χ3n) is 4.31. The first kappa shape index (κ1) is 18.0. The molecule has 0 spiro atoms. The summed E-state index contributed by atoms with van der Waals surface area (Å²) in [7, 11) is 0. The van der Waals surface area contributed by atoms with E-state index >= 15 is 0 Å². The molecule has 1 aromatic heterocycles. The van der Waals surface area contributed by atoms with Crippen LogP contribution in [0.5, 0.6) is 5.75 Å². The van der Waals surface area contributed by atoms with Crippen LogP contribution in [0.25, 0.3) is 10.9 Å². The molecule has 9 heteroatoms. The van der Waals surface area contributed by atoms with Crippen LogP contribution in [0.1, 0.15) is 39.7 Å². The van der Waals surface area contributed by atoms with Crippen LogP contribution < -0.4 is 0 Å². The number of amides is 1. The van der Waals surface area contributed by atoms with Crippen LogP contribution in [0.15, 0.2) is 18.3 Å². The van der Waals surface area contributed by atoms with Gasteiger partial charge in [-0.1, -0.05) is 0 Å². The van der Waals surface area contributed by atoms with E-state index in [1.165, 1.54) is 12.1 Å². The van der Waals surface area contributed by atoms with Gasteiger partial charge in [-0.2, -0.15) is 5.10 Å². The van der Waals surface area contributed by atoms with Crippen molar-refractivity contribution in [1.82, 2.24) is 14.7 Å². The molecular weight excluding hydrogens is 340 g/mol. The summed E-state index contributed by atoms with van der Waals surface area (Å²) in [5.74, 6) is -0.396. The number of hydrogen-bond acceptors (Lipinski definition) is 6. The maximum absolute atomic E-state index is 12.1. The molecule has 0 radical (unpaired) electrons. The third-order valence-corrected chi connectivity index (χ3v) is 4.31. The predicted molar refractivity (Wildman–Crippen MR) is 94.1 cm³/mol. The second-order valence-corrected chi connectivity index (χ2v) is 7.46. The highest BCUT2D eigenvalue weighted by Crippen LogP contribution is 2.32. The van der Waals surface area contributed by atoms with Gasteiger partial charge in [0, 0.05) is 36.8 Å². The number of nitro benzene ring substituents is 1. The molecule has 1 aromatic carbocycles. The first-order valence-electron chi connectivity index (χ1n) is 8.48. The van der Waals surface area contributed by atoms with E-state index < -0.39 is 16.3 Å². The highest BCUT2D eigenvalue weighted by atomic mass is 16.6. The summed E-state index contributed by atoms with van der Waals surface area (Å²) >= 11 is 0. The lowest BCUT2D eigenvalue weighted by Crippen LogP contribution is -2.42. The van der Waals surface area contributed by atoms with Crippen molar-refractivity contribution in [3.8, 4) is 5.75 Å². The van der Waals surface area contributed by atoms with Crippen LogP contribution in [-0.2, 0) is 4.74 Å². The Hall–Kier alpha value is -2.84. The van der Waals surface area contributed by atoms with E-state index in [0.717, 1.165) is 0 Å². The molecule has 26 heavy (non-hydrogen) atoms. The second-order valence-electron chi connectivity index (χ2n) is 7.46. The number of aromatic hydroxyl groups is 1. The summed E-state index contributed by atoms with van der Waals surface area (Å²) in [6.07, 6.45) is 2.85. The molecular formula is C17H22N4O5. The third kappa shape index (κ3) is 3.71. The largest absolute Gasteiger partial charge is 0.502 e. The lowest BCUT2D eigenvalue weighted by atomic mass is 10.1. The number of nitrogens with zero attached hydrogens (tertiary/aromatic N) is 4. The number of carbonyl (C=O) groups excluding carboxylic acids is 1. The Bertz CT molecular complexity index is 847. The summed E-state index contributed by atoms with van der Waals surface area (Å²) in [4.78, 5) is 24.1. The molecule has 2 aromatic rings. The molecule has 1 N–H and O–H groups in total. The fraction of sp³-hybridized carbons (Fsp3) is 0.529. The number of likely N-dealkylation sites (tertiary alicyclic amines) is 1. The maximum atomic E-state index is 12.1. The molecule has 1 aliphatic heterocycles. The van der Waals surface area contributed by atoms with Crippen molar-refractivity contribution in [3.05, 3.63) is 28.4 Å². The first-order chi connectivity index (χ1) is 12.1. The van der Waals surface area contributed by atoms with Crippen LogP contribution in [0.3, 0.4) is 0 Å². The van der Waals surface area contributed by atoms with Gasteiger partial charge in [0.05, 0.1) is 16.5 Å². The summed E-state index contributed by atoms with van der Waals surface area (Å²) < 4.78 is 7.15. The van der Waals surface area contributed by atoms with Gasteiger partial charge >= 0.3 is 11.8 Å². The molecule has 1 aliphatic rings. The van der Waals surface area contributed by atoms with Gasteiger partial charge in [0.15, 0.2) is 5.75 Å². The second kappa shape index (κ2) is 6.47. The number of benzene rings is 1. The van der Waals surface area contributed by atoms with Gasteiger partial charge in [0.25, 0.3) is 0 Å². The number of piperidine rings is 1. The molecule has 140 valence electrons. The minimum atomic E-state index is -0.620. The van der Waals surface area contributed by atoms with Crippen molar-refractivity contribution >= 4 is 22.7 Å². The van der Waals surface area contributed by atoms with Crippen LogP contribution in [0.4, 0.5) is 10.5 Å². The Morgan fingerprint density at radius 3 is 2.58 bits per heavy atom. The van der Waals surface area contributed by atoms with E-state index in [2.05, 4.69) is 5.10 Å². The summed E-state index contributed by atoms with van der Waals surface area (Å²) in [5, 5.41) is 25.7. The molecule has 1 amide bonds. The Morgan fingerprint density at radius 1 is 1.35 bits per heavy atom. The molecule has 1 saturated heterocycles. The molecule has 0 bridgehead atoms. The van der Waals surface area contributed by atoms with E-state index in [9.17, 15) is 20.0 Å². The normalized spacial score (nSPS) is 16.0. The highest BCUT2D eigenvalue weighted by Gasteiger charge is 2.28. The summed E-state index contributed by atoms with van der Waals surface area (Å²) in [6.45, 7) is 6.62. The maximum Gasteiger partial charge on any atom is 0.410 e. The Kier molecular flexibility index (Phi) is 4.47. The van der Waals surface area contributed by atoms with Gasteiger partial charge in [-0.15, -0.1) is 0 Å². The smallest absolute Gasteiger partial charge is 0.410 e. The van der Waals surface area contributed by atoms with Crippen molar-refractivity contribution < 1.29 is 19.6 Å². The molecule has 9 nitrogen and oxygen atoms in total. The van der Waals surface area contributed by atoms with E-state index in [1.54, 1.807) is 15.8 Å². The van der Waals surface area contributed by atoms with Gasteiger partial charge in [0.1, 0.15) is 5.60 Å². The number of hydrogen-bond donors (Lipinski definition) is 1. The number of carbonyl (C=O) groups is 1. The zero-order chi connectivity index (χ0) is 19.1. The van der Waals surface area contributed by atoms with Gasteiger partial charge in [-0.3, -0.25) is 14.8 Å². The minimum absolute atomic E-state index is 0.0854. The summed E-state index contributed by atoms with van der Waals surface area (Å²) in [5.41, 5.74) is -0.357. The number of phenols is 1. The zero-order valence-electron chi connectivity index (χ0n) is 15.0. The van der Waals surface area contributed by atoms with Crippen LogP contribution >= 0.6 is 0 Å². The van der Waals surface area contributed by atoms with E-state index in [0.29, 0.717) is 36.8 Å².